The lowest BCUT2D eigenvalue weighted by Crippen LogP contribution is -2.23. The van der Waals surface area contributed by atoms with Crippen molar-refractivity contribution in [3.63, 3.8) is 0 Å². The highest BCUT2D eigenvalue weighted by Crippen LogP contribution is 2.20. The van der Waals surface area contributed by atoms with Crippen molar-refractivity contribution in [2.45, 2.75) is 13.8 Å². The van der Waals surface area contributed by atoms with Gasteiger partial charge in [0.1, 0.15) is 0 Å². The molecule has 4 aromatic rings. The third-order valence-corrected chi connectivity index (χ3v) is 5.66. The molecule has 0 aliphatic rings. The third-order valence-electron chi connectivity index (χ3n) is 3.73. The van der Waals surface area contributed by atoms with Gasteiger partial charge in [-0.25, -0.2) is 0 Å². The lowest BCUT2D eigenvalue weighted by molar-refractivity contribution is 0.936. The van der Waals surface area contributed by atoms with Crippen molar-refractivity contribution in [2.75, 3.05) is 0 Å². The second kappa shape index (κ2) is 5.40. The van der Waals surface area contributed by atoms with E-state index < -0.39 is 0 Å². The number of nitrogens with zero attached hydrogens (tertiary/aromatic N) is 3. The summed E-state index contributed by atoms with van der Waals surface area (Å²) in [6.07, 6.45) is 1.93. The molecule has 0 unspecified atom stereocenters. The molecule has 6 heteroatoms. The normalized spacial score (nSPS) is 12.3. The molecule has 0 bridgehead atoms. The summed E-state index contributed by atoms with van der Waals surface area (Å²) in [5, 5.41) is 6.43. The van der Waals surface area contributed by atoms with Crippen LogP contribution in [0, 0.1) is 13.8 Å². The summed E-state index contributed by atoms with van der Waals surface area (Å²) in [7, 11) is 0. The topological polar surface area (TPSA) is 47.3 Å². The zero-order valence-corrected chi connectivity index (χ0v) is 14.2. The summed E-state index contributed by atoms with van der Waals surface area (Å²) in [6.45, 7) is 4.06. The van der Waals surface area contributed by atoms with E-state index >= 15 is 0 Å². The molecule has 0 N–H and O–H groups in total. The van der Waals surface area contributed by atoms with Crippen molar-refractivity contribution in [3.05, 3.63) is 66.6 Å². The van der Waals surface area contributed by atoms with Gasteiger partial charge >= 0.3 is 0 Å². The molecule has 0 aliphatic carbocycles. The van der Waals surface area contributed by atoms with Gasteiger partial charge in [-0.15, -0.1) is 16.4 Å². The van der Waals surface area contributed by atoms with Crippen molar-refractivity contribution >= 4 is 33.7 Å². The van der Waals surface area contributed by atoms with Gasteiger partial charge in [0.2, 0.25) is 4.96 Å². The van der Waals surface area contributed by atoms with E-state index in [9.17, 15) is 4.79 Å². The average Bonchev–Trinajstić information content (AvgIpc) is 3.19. The predicted molar refractivity (Wildman–Crippen MR) is 95.1 cm³/mol. The Morgan fingerprint density at radius 1 is 1.13 bits per heavy atom. The number of rotatable bonds is 2. The maximum absolute atomic E-state index is 12.5. The number of thiophene rings is 1. The molecule has 0 saturated heterocycles. The molecule has 0 aliphatic heterocycles. The van der Waals surface area contributed by atoms with E-state index in [1.54, 1.807) is 11.3 Å². The Morgan fingerprint density at radius 3 is 2.65 bits per heavy atom. The Balaban J connectivity index is 1.88. The fraction of sp³-hybridized carbons (Fsp3) is 0.118. The number of thiazole rings is 1. The Morgan fingerprint density at radius 2 is 1.96 bits per heavy atom. The van der Waals surface area contributed by atoms with Crippen LogP contribution in [0.5, 0.6) is 0 Å². The molecule has 0 radical (unpaired) electrons. The highest BCUT2D eigenvalue weighted by atomic mass is 32.1. The quantitative estimate of drug-likeness (QED) is 0.564. The average molecular weight is 339 g/mol. The van der Waals surface area contributed by atoms with Gasteiger partial charge in [-0.05, 0) is 42.5 Å². The molecule has 23 heavy (non-hydrogen) atoms. The van der Waals surface area contributed by atoms with Gasteiger partial charge in [-0.1, -0.05) is 35.6 Å². The number of aryl methyl sites for hydroxylation is 2. The monoisotopic (exact) mass is 339 g/mol. The van der Waals surface area contributed by atoms with Gasteiger partial charge in [0.15, 0.2) is 5.82 Å². The molecule has 0 amide bonds. The highest BCUT2D eigenvalue weighted by molar-refractivity contribution is 7.15. The van der Waals surface area contributed by atoms with E-state index in [4.69, 9.17) is 0 Å². The first-order valence-corrected chi connectivity index (χ1v) is 8.84. The van der Waals surface area contributed by atoms with Crippen LogP contribution in [0.3, 0.4) is 0 Å². The van der Waals surface area contributed by atoms with Crippen molar-refractivity contribution in [2.24, 2.45) is 0 Å². The van der Waals surface area contributed by atoms with E-state index in [2.05, 4.69) is 10.1 Å². The second-order valence-electron chi connectivity index (χ2n) is 5.33. The smallest absolute Gasteiger partial charge is 0.266 e. The van der Waals surface area contributed by atoms with Crippen LogP contribution in [0.15, 0.2) is 40.5 Å². The Kier molecular flexibility index (Phi) is 3.36. The van der Waals surface area contributed by atoms with E-state index in [0.29, 0.717) is 15.3 Å². The Bertz CT molecular complexity index is 1120. The lowest BCUT2D eigenvalue weighted by Gasteiger charge is -1.98. The van der Waals surface area contributed by atoms with Crippen LogP contribution >= 0.6 is 22.7 Å². The molecule has 3 aromatic heterocycles. The molecule has 4 nitrogen and oxygen atoms in total. The van der Waals surface area contributed by atoms with E-state index in [1.165, 1.54) is 21.4 Å². The first kappa shape index (κ1) is 14.3. The van der Waals surface area contributed by atoms with Gasteiger partial charge in [0, 0.05) is 10.4 Å². The fourth-order valence-electron chi connectivity index (χ4n) is 2.42. The molecular formula is C17H13N3OS2. The molecule has 1 aromatic carbocycles. The van der Waals surface area contributed by atoms with Gasteiger partial charge in [0.25, 0.3) is 5.56 Å². The number of hydrogen-bond acceptors (Lipinski definition) is 5. The SMILES string of the molecule is Cc1ccccc1-c1nc2sc(=Cc3sccc3C)c(=O)n2n1. The Labute approximate surface area is 140 Å². The molecule has 4 rings (SSSR count). The number of benzene rings is 1. The third kappa shape index (κ3) is 2.40. The largest absolute Gasteiger partial charge is 0.291 e. The maximum Gasteiger partial charge on any atom is 0.291 e. The summed E-state index contributed by atoms with van der Waals surface area (Å²) in [6, 6.07) is 9.97. The van der Waals surface area contributed by atoms with E-state index in [0.717, 1.165) is 16.0 Å². The van der Waals surface area contributed by atoms with Crippen LogP contribution in [0.2, 0.25) is 0 Å². The second-order valence-corrected chi connectivity index (χ2v) is 7.29. The number of aromatic nitrogens is 3. The standard InChI is InChI=1S/C17H13N3OS2/c1-10-5-3-4-6-12(10)15-18-17-20(19-15)16(21)14(23-17)9-13-11(2)7-8-22-13/h3-9H,1-2H3. The first-order chi connectivity index (χ1) is 11.1. The Hall–Kier alpha value is -2.31. The van der Waals surface area contributed by atoms with Gasteiger partial charge < -0.3 is 0 Å². The molecule has 114 valence electrons. The molecule has 0 spiro atoms. The summed E-state index contributed by atoms with van der Waals surface area (Å²) >= 11 is 3.01. The van der Waals surface area contributed by atoms with Crippen LogP contribution in [0.25, 0.3) is 22.4 Å². The minimum Gasteiger partial charge on any atom is -0.266 e. The minimum absolute atomic E-state index is 0.106. The summed E-state index contributed by atoms with van der Waals surface area (Å²) in [5.74, 6) is 0.602. The van der Waals surface area contributed by atoms with Crippen molar-refractivity contribution in [1.29, 1.82) is 0 Å². The van der Waals surface area contributed by atoms with Crippen LogP contribution in [-0.4, -0.2) is 14.6 Å². The van der Waals surface area contributed by atoms with Crippen molar-refractivity contribution < 1.29 is 0 Å². The molecule has 0 fully saturated rings. The zero-order valence-electron chi connectivity index (χ0n) is 12.6. The fourth-order valence-corrected chi connectivity index (χ4v) is 4.25. The van der Waals surface area contributed by atoms with Crippen LogP contribution in [0.4, 0.5) is 0 Å². The molecular weight excluding hydrogens is 326 g/mol. The van der Waals surface area contributed by atoms with E-state index in [-0.39, 0.29) is 5.56 Å². The van der Waals surface area contributed by atoms with Gasteiger partial charge in [-0.2, -0.15) is 9.50 Å². The first-order valence-electron chi connectivity index (χ1n) is 7.15. The molecule has 3 heterocycles. The molecule has 0 atom stereocenters. The lowest BCUT2D eigenvalue weighted by atomic mass is 10.1. The van der Waals surface area contributed by atoms with Gasteiger partial charge in [0.05, 0.1) is 4.53 Å². The zero-order chi connectivity index (χ0) is 16.0. The molecule has 0 saturated carbocycles. The van der Waals surface area contributed by atoms with Gasteiger partial charge in [-0.3, -0.25) is 4.79 Å². The predicted octanol–water partition coefficient (Wildman–Crippen LogP) is 3.04. The number of fused-ring (bicyclic) bond motifs is 1. The summed E-state index contributed by atoms with van der Waals surface area (Å²) < 4.78 is 2.07. The number of hydrogen-bond donors (Lipinski definition) is 0. The van der Waals surface area contributed by atoms with Crippen LogP contribution in [-0.2, 0) is 0 Å². The van der Waals surface area contributed by atoms with Crippen molar-refractivity contribution in [1.82, 2.24) is 14.6 Å². The van der Waals surface area contributed by atoms with E-state index in [1.807, 2.05) is 55.6 Å². The van der Waals surface area contributed by atoms with Crippen molar-refractivity contribution in [3.8, 4) is 11.4 Å². The summed E-state index contributed by atoms with van der Waals surface area (Å²) in [4.78, 5) is 18.8. The maximum atomic E-state index is 12.5. The van der Waals surface area contributed by atoms with Crippen LogP contribution < -0.4 is 10.1 Å². The van der Waals surface area contributed by atoms with Crippen LogP contribution in [0.1, 0.15) is 16.0 Å². The highest BCUT2D eigenvalue weighted by Gasteiger charge is 2.13. The minimum atomic E-state index is -0.106. The summed E-state index contributed by atoms with van der Waals surface area (Å²) in [5.41, 5.74) is 3.13.